The van der Waals surface area contributed by atoms with Crippen LogP contribution in [0, 0.1) is 12.8 Å². The van der Waals surface area contributed by atoms with E-state index in [0.29, 0.717) is 12.8 Å². The van der Waals surface area contributed by atoms with Crippen LogP contribution in [-0.4, -0.2) is 20.7 Å². The summed E-state index contributed by atoms with van der Waals surface area (Å²) in [4.78, 5) is 10.7. The zero-order valence-corrected chi connectivity index (χ0v) is 11.6. The normalized spacial score (nSPS) is 22.6. The second-order valence-electron chi connectivity index (χ2n) is 4.82. The fourth-order valence-electron chi connectivity index (χ4n) is 2.15. The Balaban J connectivity index is 2.05. The van der Waals surface area contributed by atoms with Crippen molar-refractivity contribution in [2.75, 3.05) is 0 Å². The molecule has 5 heteroatoms. The zero-order chi connectivity index (χ0) is 13.9. The molecule has 2 rings (SSSR count). The number of aldehydes is 1. The van der Waals surface area contributed by atoms with Crippen molar-refractivity contribution in [2.24, 2.45) is 5.92 Å². The molecule has 0 saturated heterocycles. The molecule has 0 bridgehead atoms. The van der Waals surface area contributed by atoms with E-state index in [-0.39, 0.29) is 16.9 Å². The van der Waals surface area contributed by atoms with Gasteiger partial charge in [-0.3, -0.25) is 0 Å². The van der Waals surface area contributed by atoms with Crippen LogP contribution in [0.4, 0.5) is 0 Å². The number of carbonyl (C=O) groups excluding carboxylic acids is 1. The summed E-state index contributed by atoms with van der Waals surface area (Å²) in [5.41, 5.74) is 1.02. The quantitative estimate of drug-likeness (QED) is 0.660. The van der Waals surface area contributed by atoms with Crippen molar-refractivity contribution in [2.45, 2.75) is 30.7 Å². The summed E-state index contributed by atoms with van der Waals surface area (Å²) in [5.74, 6) is 0.142. The second kappa shape index (κ2) is 5.67. The summed E-state index contributed by atoms with van der Waals surface area (Å²) < 4.78 is 26.9. The van der Waals surface area contributed by atoms with Crippen LogP contribution in [0.1, 0.15) is 18.4 Å². The van der Waals surface area contributed by atoms with Gasteiger partial charge in [-0.05, 0) is 31.4 Å². The van der Waals surface area contributed by atoms with Gasteiger partial charge in [0.15, 0.2) is 0 Å². The Morgan fingerprint density at radius 3 is 2.58 bits per heavy atom. The van der Waals surface area contributed by atoms with Crippen molar-refractivity contribution in [3.8, 4) is 0 Å². The van der Waals surface area contributed by atoms with E-state index in [1.807, 2.05) is 19.1 Å². The summed E-state index contributed by atoms with van der Waals surface area (Å²) >= 11 is 0. The topological polar surface area (TPSA) is 63.2 Å². The Bertz CT molecular complexity index is 575. The highest BCUT2D eigenvalue weighted by molar-refractivity contribution is 7.89. The van der Waals surface area contributed by atoms with Crippen LogP contribution >= 0.6 is 0 Å². The highest BCUT2D eigenvalue weighted by Crippen LogP contribution is 2.22. The fourth-order valence-corrected chi connectivity index (χ4v) is 3.35. The molecule has 0 spiro atoms. The van der Waals surface area contributed by atoms with Crippen LogP contribution in [0.15, 0.2) is 41.3 Å². The van der Waals surface area contributed by atoms with Crippen molar-refractivity contribution < 1.29 is 13.2 Å². The SMILES string of the molecule is Cc1ccc(S(=O)(=O)N[C@@H]2C=CC(CC=O)C2)cc1. The van der Waals surface area contributed by atoms with Gasteiger partial charge in [0.05, 0.1) is 4.90 Å². The van der Waals surface area contributed by atoms with E-state index in [1.165, 1.54) is 0 Å². The lowest BCUT2D eigenvalue weighted by molar-refractivity contribution is -0.108. The number of nitrogens with one attached hydrogen (secondary N) is 1. The van der Waals surface area contributed by atoms with Gasteiger partial charge in [0.1, 0.15) is 6.29 Å². The molecular weight excluding hydrogens is 262 g/mol. The number of hydrogen-bond acceptors (Lipinski definition) is 3. The van der Waals surface area contributed by atoms with Gasteiger partial charge >= 0.3 is 0 Å². The third-order valence-electron chi connectivity index (χ3n) is 3.21. The van der Waals surface area contributed by atoms with Crippen molar-refractivity contribution in [3.63, 3.8) is 0 Å². The first-order chi connectivity index (χ1) is 9.01. The Morgan fingerprint density at radius 1 is 1.26 bits per heavy atom. The molecule has 0 fully saturated rings. The van der Waals surface area contributed by atoms with Crippen molar-refractivity contribution in [3.05, 3.63) is 42.0 Å². The van der Waals surface area contributed by atoms with Crippen molar-refractivity contribution >= 4 is 16.3 Å². The minimum atomic E-state index is -3.49. The average Bonchev–Trinajstić information content (AvgIpc) is 2.77. The molecule has 19 heavy (non-hydrogen) atoms. The number of benzene rings is 1. The first-order valence-electron chi connectivity index (χ1n) is 6.22. The molecule has 1 unspecified atom stereocenters. The Labute approximate surface area is 113 Å². The number of rotatable bonds is 5. The molecule has 102 valence electrons. The van der Waals surface area contributed by atoms with Gasteiger partial charge in [0.25, 0.3) is 0 Å². The number of allylic oxidation sites excluding steroid dienone is 1. The minimum Gasteiger partial charge on any atom is -0.303 e. The van der Waals surface area contributed by atoms with Gasteiger partial charge < -0.3 is 4.79 Å². The summed E-state index contributed by atoms with van der Waals surface area (Å²) in [6, 6.07) is 6.51. The van der Waals surface area contributed by atoms with E-state index >= 15 is 0 Å². The second-order valence-corrected chi connectivity index (χ2v) is 6.54. The molecule has 0 radical (unpaired) electrons. The smallest absolute Gasteiger partial charge is 0.241 e. The van der Waals surface area contributed by atoms with Crippen LogP contribution in [0.2, 0.25) is 0 Å². The largest absolute Gasteiger partial charge is 0.303 e. The summed E-state index contributed by atoms with van der Waals surface area (Å²) in [5, 5.41) is 0. The Kier molecular flexibility index (Phi) is 4.17. The van der Waals surface area contributed by atoms with Gasteiger partial charge in [-0.25, -0.2) is 13.1 Å². The van der Waals surface area contributed by atoms with Gasteiger partial charge in [-0.2, -0.15) is 0 Å². The van der Waals surface area contributed by atoms with Gasteiger partial charge in [0, 0.05) is 12.5 Å². The minimum absolute atomic E-state index is 0.142. The molecule has 1 aromatic carbocycles. The van der Waals surface area contributed by atoms with Gasteiger partial charge in [-0.15, -0.1) is 0 Å². The molecule has 0 heterocycles. The molecular formula is C14H17NO3S. The third kappa shape index (κ3) is 3.52. The van der Waals surface area contributed by atoms with Crippen LogP contribution < -0.4 is 4.72 Å². The van der Waals surface area contributed by atoms with Crippen LogP contribution in [0.3, 0.4) is 0 Å². The molecule has 1 aliphatic carbocycles. The maximum absolute atomic E-state index is 12.1. The fraction of sp³-hybridized carbons (Fsp3) is 0.357. The Hall–Kier alpha value is -1.46. The van der Waals surface area contributed by atoms with Gasteiger partial charge in [0.2, 0.25) is 10.0 Å². The molecule has 1 aliphatic rings. The summed E-state index contributed by atoms with van der Waals surface area (Å²) in [6.07, 6.45) is 5.67. The number of sulfonamides is 1. The number of carbonyl (C=O) groups is 1. The monoisotopic (exact) mass is 279 g/mol. The Morgan fingerprint density at radius 2 is 1.95 bits per heavy atom. The molecule has 0 saturated carbocycles. The molecule has 2 atom stereocenters. The molecule has 4 nitrogen and oxygen atoms in total. The standard InChI is InChI=1S/C14H17NO3S/c1-11-2-6-14(7-3-11)19(17,18)15-13-5-4-12(10-13)8-9-16/h2-7,9,12-13,15H,8,10H2,1H3/t12?,13-/m1/s1. The van der Waals surface area contributed by atoms with Crippen LogP contribution in [-0.2, 0) is 14.8 Å². The first kappa shape index (κ1) is 14.0. The molecule has 0 aromatic heterocycles. The highest BCUT2D eigenvalue weighted by atomic mass is 32.2. The van der Waals surface area contributed by atoms with Crippen molar-refractivity contribution in [1.82, 2.24) is 4.72 Å². The lowest BCUT2D eigenvalue weighted by atomic mass is 10.1. The van der Waals surface area contributed by atoms with Gasteiger partial charge in [-0.1, -0.05) is 29.8 Å². The third-order valence-corrected chi connectivity index (χ3v) is 4.71. The molecule has 0 amide bonds. The zero-order valence-electron chi connectivity index (χ0n) is 10.7. The molecule has 1 N–H and O–H groups in total. The first-order valence-corrected chi connectivity index (χ1v) is 7.70. The molecule has 0 aliphatic heterocycles. The number of hydrogen-bond donors (Lipinski definition) is 1. The summed E-state index contributed by atoms with van der Waals surface area (Å²) in [7, 11) is -3.49. The maximum Gasteiger partial charge on any atom is 0.241 e. The maximum atomic E-state index is 12.1. The lowest BCUT2D eigenvalue weighted by Crippen LogP contribution is -2.32. The van der Waals surface area contributed by atoms with E-state index in [4.69, 9.17) is 0 Å². The predicted molar refractivity (Wildman–Crippen MR) is 73.2 cm³/mol. The lowest BCUT2D eigenvalue weighted by Gasteiger charge is -2.13. The van der Waals surface area contributed by atoms with Crippen LogP contribution in [0.5, 0.6) is 0 Å². The number of aryl methyl sites for hydroxylation is 1. The summed E-state index contributed by atoms with van der Waals surface area (Å²) in [6.45, 7) is 1.91. The predicted octanol–water partition coefficient (Wildman–Crippen LogP) is 1.81. The van der Waals surface area contributed by atoms with Crippen molar-refractivity contribution in [1.29, 1.82) is 0 Å². The average molecular weight is 279 g/mol. The van der Waals surface area contributed by atoms with E-state index in [1.54, 1.807) is 24.3 Å². The molecule has 1 aromatic rings. The van der Waals surface area contributed by atoms with E-state index in [0.717, 1.165) is 11.8 Å². The van der Waals surface area contributed by atoms with E-state index in [9.17, 15) is 13.2 Å². The van der Waals surface area contributed by atoms with E-state index < -0.39 is 10.0 Å². The highest BCUT2D eigenvalue weighted by Gasteiger charge is 2.24. The van der Waals surface area contributed by atoms with E-state index in [2.05, 4.69) is 4.72 Å². The van der Waals surface area contributed by atoms with Crippen LogP contribution in [0.25, 0.3) is 0 Å².